The van der Waals surface area contributed by atoms with Crippen LogP contribution in [0.4, 0.5) is 5.69 Å². The molecular weight excluding hydrogens is 338 g/mol. The van der Waals surface area contributed by atoms with Gasteiger partial charge in [-0.15, -0.1) is 0 Å². The lowest BCUT2D eigenvalue weighted by atomic mass is 10.2. The van der Waals surface area contributed by atoms with Gasteiger partial charge in [0, 0.05) is 10.2 Å². The van der Waals surface area contributed by atoms with Crippen molar-refractivity contribution in [1.29, 1.82) is 0 Å². The molecule has 5 heteroatoms. The number of anilines is 1. The van der Waals surface area contributed by atoms with E-state index >= 15 is 0 Å². The topological polar surface area (TPSA) is 52.3 Å². The lowest BCUT2D eigenvalue weighted by Gasteiger charge is -2.08. The summed E-state index contributed by atoms with van der Waals surface area (Å²) in [5.74, 6) is 1.17. The zero-order chi connectivity index (χ0) is 14.5. The SMILES string of the molecule is Cc1ccc(S(=O)CCOc2cccc(Br)c2)c(N)c1. The van der Waals surface area contributed by atoms with Crippen molar-refractivity contribution < 1.29 is 8.95 Å². The third kappa shape index (κ3) is 4.08. The minimum absolute atomic E-state index is 0.385. The molecule has 2 N–H and O–H groups in total. The number of halogens is 1. The lowest BCUT2D eigenvalue weighted by Crippen LogP contribution is -2.10. The second kappa shape index (κ2) is 6.90. The van der Waals surface area contributed by atoms with Crippen molar-refractivity contribution >= 4 is 32.4 Å². The summed E-state index contributed by atoms with van der Waals surface area (Å²) in [7, 11) is -1.14. The highest BCUT2D eigenvalue weighted by molar-refractivity contribution is 9.10. The van der Waals surface area contributed by atoms with E-state index in [2.05, 4.69) is 15.9 Å². The molecule has 0 aliphatic carbocycles. The molecule has 0 aromatic heterocycles. The fourth-order valence-electron chi connectivity index (χ4n) is 1.78. The van der Waals surface area contributed by atoms with Crippen molar-refractivity contribution in [1.82, 2.24) is 0 Å². The summed E-state index contributed by atoms with van der Waals surface area (Å²) in [4.78, 5) is 0.674. The fourth-order valence-corrected chi connectivity index (χ4v) is 3.15. The molecule has 0 fully saturated rings. The molecule has 0 saturated heterocycles. The van der Waals surface area contributed by atoms with Gasteiger partial charge >= 0.3 is 0 Å². The molecule has 2 aromatic rings. The van der Waals surface area contributed by atoms with E-state index in [0.717, 1.165) is 15.8 Å². The van der Waals surface area contributed by atoms with Crippen molar-refractivity contribution in [3.05, 3.63) is 52.5 Å². The van der Waals surface area contributed by atoms with Gasteiger partial charge in [0.1, 0.15) is 12.4 Å². The third-order valence-corrected chi connectivity index (χ3v) is 4.64. The van der Waals surface area contributed by atoms with Gasteiger partial charge in [0.25, 0.3) is 0 Å². The largest absolute Gasteiger partial charge is 0.493 e. The second-order valence-corrected chi connectivity index (χ2v) is 6.85. The van der Waals surface area contributed by atoms with Crippen molar-refractivity contribution in [2.75, 3.05) is 18.1 Å². The molecule has 2 aromatic carbocycles. The number of hydrogen-bond donors (Lipinski definition) is 1. The Morgan fingerprint density at radius 3 is 2.75 bits per heavy atom. The van der Waals surface area contributed by atoms with Crippen LogP contribution in [0.1, 0.15) is 5.56 Å². The maximum Gasteiger partial charge on any atom is 0.120 e. The smallest absolute Gasteiger partial charge is 0.120 e. The number of ether oxygens (including phenoxy) is 1. The molecule has 0 aliphatic rings. The molecular formula is C15H16BrNO2S. The molecule has 0 bridgehead atoms. The maximum atomic E-state index is 12.2. The van der Waals surface area contributed by atoms with E-state index < -0.39 is 10.8 Å². The van der Waals surface area contributed by atoms with Crippen LogP contribution in [0, 0.1) is 6.92 Å². The van der Waals surface area contributed by atoms with Gasteiger partial charge in [-0.2, -0.15) is 0 Å². The molecule has 20 heavy (non-hydrogen) atoms. The normalized spacial score (nSPS) is 12.1. The summed E-state index contributed by atoms with van der Waals surface area (Å²) >= 11 is 3.38. The van der Waals surface area contributed by atoms with Crippen LogP contribution in [0.25, 0.3) is 0 Å². The van der Waals surface area contributed by atoms with Gasteiger partial charge in [0.05, 0.1) is 21.4 Å². The first-order valence-corrected chi connectivity index (χ1v) is 8.30. The minimum Gasteiger partial charge on any atom is -0.493 e. The number of nitrogen functional groups attached to an aromatic ring is 1. The van der Waals surface area contributed by atoms with E-state index in [1.807, 2.05) is 49.4 Å². The first-order chi connectivity index (χ1) is 9.56. The van der Waals surface area contributed by atoms with Crippen molar-refractivity contribution in [3.8, 4) is 5.75 Å². The van der Waals surface area contributed by atoms with Crippen LogP contribution in [0.3, 0.4) is 0 Å². The summed E-state index contributed by atoms with van der Waals surface area (Å²) in [6.45, 7) is 2.34. The average molecular weight is 354 g/mol. The van der Waals surface area contributed by atoms with E-state index in [1.54, 1.807) is 0 Å². The van der Waals surface area contributed by atoms with Gasteiger partial charge in [-0.05, 0) is 42.8 Å². The molecule has 2 rings (SSSR count). The van der Waals surface area contributed by atoms with Gasteiger partial charge in [-0.3, -0.25) is 4.21 Å². The monoisotopic (exact) mass is 353 g/mol. The zero-order valence-electron chi connectivity index (χ0n) is 11.1. The Labute approximate surface area is 129 Å². The zero-order valence-corrected chi connectivity index (χ0v) is 13.5. The molecule has 0 spiro atoms. The number of nitrogens with two attached hydrogens (primary N) is 1. The average Bonchev–Trinajstić information content (AvgIpc) is 2.38. The summed E-state index contributed by atoms with van der Waals surface area (Å²) in [6.07, 6.45) is 0. The Morgan fingerprint density at radius 1 is 1.25 bits per heavy atom. The molecule has 0 amide bonds. The Balaban J connectivity index is 1.92. The summed E-state index contributed by atoms with van der Waals surface area (Å²) in [6, 6.07) is 13.1. The molecule has 0 saturated carbocycles. The highest BCUT2D eigenvalue weighted by atomic mass is 79.9. The number of benzene rings is 2. The Morgan fingerprint density at radius 2 is 2.05 bits per heavy atom. The summed E-state index contributed by atoms with van der Waals surface area (Å²) in [5.41, 5.74) is 7.52. The van der Waals surface area contributed by atoms with E-state index in [0.29, 0.717) is 22.9 Å². The van der Waals surface area contributed by atoms with Gasteiger partial charge in [0.15, 0.2) is 0 Å². The standard InChI is InChI=1S/C15H16BrNO2S/c1-11-5-6-15(14(17)9-11)20(18)8-7-19-13-4-2-3-12(16)10-13/h2-6,9-10H,7-8,17H2,1H3. The number of hydrogen-bond acceptors (Lipinski definition) is 3. The Bertz CT molecular complexity index is 631. The third-order valence-electron chi connectivity index (χ3n) is 2.74. The predicted octanol–water partition coefficient (Wildman–Crippen LogP) is 3.53. The van der Waals surface area contributed by atoms with Crippen LogP contribution in [0.15, 0.2) is 51.8 Å². The van der Waals surface area contributed by atoms with Gasteiger partial charge in [-0.1, -0.05) is 28.1 Å². The van der Waals surface area contributed by atoms with Gasteiger partial charge in [0.2, 0.25) is 0 Å². The lowest BCUT2D eigenvalue weighted by molar-refractivity contribution is 0.342. The Kier molecular flexibility index (Phi) is 5.20. The van der Waals surface area contributed by atoms with Gasteiger partial charge in [-0.25, -0.2) is 0 Å². The van der Waals surface area contributed by atoms with Crippen LogP contribution in [0.2, 0.25) is 0 Å². The molecule has 0 radical (unpaired) electrons. The van der Waals surface area contributed by atoms with Crippen LogP contribution in [0.5, 0.6) is 5.75 Å². The molecule has 1 atom stereocenters. The molecule has 0 heterocycles. The number of rotatable bonds is 5. The molecule has 0 aliphatic heterocycles. The van der Waals surface area contributed by atoms with E-state index in [4.69, 9.17) is 10.5 Å². The maximum absolute atomic E-state index is 12.2. The summed E-state index contributed by atoms with van der Waals surface area (Å²) in [5, 5.41) is 0. The van der Waals surface area contributed by atoms with Crippen LogP contribution in [-0.4, -0.2) is 16.6 Å². The highest BCUT2D eigenvalue weighted by Crippen LogP contribution is 2.20. The predicted molar refractivity (Wildman–Crippen MR) is 86.5 cm³/mol. The molecule has 3 nitrogen and oxygen atoms in total. The van der Waals surface area contributed by atoms with Crippen molar-refractivity contribution in [2.45, 2.75) is 11.8 Å². The first-order valence-electron chi connectivity index (χ1n) is 6.19. The first kappa shape index (κ1) is 15.1. The molecule has 106 valence electrons. The minimum atomic E-state index is -1.14. The summed E-state index contributed by atoms with van der Waals surface area (Å²) < 4.78 is 18.7. The highest BCUT2D eigenvalue weighted by Gasteiger charge is 2.08. The second-order valence-electron chi connectivity index (χ2n) is 4.40. The Hall–Kier alpha value is -1.33. The van der Waals surface area contributed by atoms with E-state index in [-0.39, 0.29) is 0 Å². The van der Waals surface area contributed by atoms with E-state index in [9.17, 15) is 4.21 Å². The van der Waals surface area contributed by atoms with Crippen LogP contribution in [-0.2, 0) is 10.8 Å². The molecule has 1 unspecified atom stereocenters. The number of aryl methyl sites for hydroxylation is 1. The van der Waals surface area contributed by atoms with Crippen molar-refractivity contribution in [3.63, 3.8) is 0 Å². The van der Waals surface area contributed by atoms with Crippen LogP contribution >= 0.6 is 15.9 Å². The van der Waals surface area contributed by atoms with Gasteiger partial charge < -0.3 is 10.5 Å². The van der Waals surface area contributed by atoms with E-state index in [1.165, 1.54) is 0 Å². The van der Waals surface area contributed by atoms with Crippen LogP contribution < -0.4 is 10.5 Å². The fraction of sp³-hybridized carbons (Fsp3) is 0.200. The quantitative estimate of drug-likeness (QED) is 0.836. The van der Waals surface area contributed by atoms with Crippen molar-refractivity contribution in [2.24, 2.45) is 0 Å².